The molecule has 0 spiro atoms. The van der Waals surface area contributed by atoms with Crippen LogP contribution >= 0.6 is 11.3 Å². The van der Waals surface area contributed by atoms with Crippen LogP contribution < -0.4 is 15.4 Å². The first-order valence-electron chi connectivity index (χ1n) is 8.43. The molecular formula is C18H20N4O3S2. The van der Waals surface area contributed by atoms with Crippen LogP contribution in [0.15, 0.2) is 53.4 Å². The van der Waals surface area contributed by atoms with Crippen molar-refractivity contribution < 1.29 is 13.2 Å². The molecule has 142 valence electrons. The number of nitrogens with zero attached hydrogens (tertiary/aromatic N) is 1. The predicted octanol–water partition coefficient (Wildman–Crippen LogP) is 4.02. The number of amides is 2. The van der Waals surface area contributed by atoms with Crippen molar-refractivity contribution in [2.45, 2.75) is 31.2 Å². The number of urea groups is 1. The molecule has 0 aliphatic heterocycles. The molecule has 9 heteroatoms. The Labute approximate surface area is 161 Å². The summed E-state index contributed by atoms with van der Waals surface area (Å²) in [5, 5.41) is 5.85. The van der Waals surface area contributed by atoms with Gasteiger partial charge in [-0.2, -0.15) is 0 Å². The normalized spacial score (nSPS) is 12.5. The van der Waals surface area contributed by atoms with Crippen molar-refractivity contribution in [2.24, 2.45) is 0 Å². The molecule has 2 amide bonds. The molecule has 0 aliphatic carbocycles. The third-order valence-electron chi connectivity index (χ3n) is 3.91. The van der Waals surface area contributed by atoms with Crippen molar-refractivity contribution in [3.05, 3.63) is 48.5 Å². The van der Waals surface area contributed by atoms with Gasteiger partial charge in [-0.25, -0.2) is 18.2 Å². The third-order valence-corrected chi connectivity index (χ3v) is 6.35. The molecule has 1 aromatic heterocycles. The maximum absolute atomic E-state index is 12.4. The first-order valence-corrected chi connectivity index (χ1v) is 10.7. The predicted molar refractivity (Wildman–Crippen MR) is 109 cm³/mol. The topological polar surface area (TPSA) is 100 Å². The first-order chi connectivity index (χ1) is 12.9. The van der Waals surface area contributed by atoms with E-state index in [1.54, 1.807) is 36.4 Å². The van der Waals surface area contributed by atoms with E-state index in [4.69, 9.17) is 0 Å². The molecule has 3 aromatic rings. The fourth-order valence-electron chi connectivity index (χ4n) is 2.32. The van der Waals surface area contributed by atoms with Crippen LogP contribution in [0, 0.1) is 0 Å². The monoisotopic (exact) mass is 404 g/mol. The van der Waals surface area contributed by atoms with Gasteiger partial charge in [-0.15, -0.1) is 0 Å². The van der Waals surface area contributed by atoms with Crippen LogP contribution in [0.5, 0.6) is 0 Å². The molecule has 1 atom stereocenters. The molecule has 3 rings (SSSR count). The number of hydrogen-bond acceptors (Lipinski definition) is 5. The Hall–Kier alpha value is -2.65. The van der Waals surface area contributed by atoms with Crippen LogP contribution in [0.1, 0.15) is 20.3 Å². The SMILES string of the molecule is CC[C@H](C)NC(=O)Nc1ccc2sc(NS(=O)(=O)c3ccccc3)nc2c1. The number of thiazole rings is 1. The van der Waals surface area contributed by atoms with Gasteiger partial charge in [-0.1, -0.05) is 36.5 Å². The lowest BCUT2D eigenvalue weighted by molar-refractivity contribution is 0.249. The minimum absolute atomic E-state index is 0.0759. The van der Waals surface area contributed by atoms with E-state index in [0.717, 1.165) is 11.1 Å². The number of fused-ring (bicyclic) bond motifs is 1. The van der Waals surface area contributed by atoms with Crippen molar-refractivity contribution in [1.82, 2.24) is 10.3 Å². The minimum Gasteiger partial charge on any atom is -0.335 e. The third kappa shape index (κ3) is 4.75. The molecule has 0 saturated carbocycles. The summed E-state index contributed by atoms with van der Waals surface area (Å²) in [4.78, 5) is 16.4. The number of carbonyl (C=O) groups is 1. The standard InChI is InChI=1S/C18H20N4O3S2/c1-3-12(2)19-17(23)20-13-9-10-16-15(11-13)21-18(26-16)22-27(24,25)14-7-5-4-6-8-14/h4-12H,3H2,1-2H3,(H,21,22)(H2,19,20,23)/t12-/m0/s1. The summed E-state index contributed by atoms with van der Waals surface area (Å²) in [6.45, 7) is 3.92. The summed E-state index contributed by atoms with van der Waals surface area (Å²) in [6.07, 6.45) is 0.837. The summed E-state index contributed by atoms with van der Waals surface area (Å²) in [5.74, 6) is 0. The summed E-state index contributed by atoms with van der Waals surface area (Å²) < 4.78 is 28.1. The zero-order valence-electron chi connectivity index (χ0n) is 14.9. The molecule has 0 aliphatic rings. The summed E-state index contributed by atoms with van der Waals surface area (Å²) in [7, 11) is -3.69. The number of aromatic nitrogens is 1. The average molecular weight is 405 g/mol. The van der Waals surface area contributed by atoms with Gasteiger partial charge in [0.15, 0.2) is 5.13 Å². The molecule has 0 bridgehead atoms. The molecule has 0 fully saturated rings. The highest BCUT2D eigenvalue weighted by Crippen LogP contribution is 2.29. The number of sulfonamides is 1. The lowest BCUT2D eigenvalue weighted by Crippen LogP contribution is -2.35. The molecule has 7 nitrogen and oxygen atoms in total. The molecular weight excluding hydrogens is 384 g/mol. The Morgan fingerprint density at radius 2 is 1.93 bits per heavy atom. The molecule has 0 radical (unpaired) electrons. The van der Waals surface area contributed by atoms with Crippen LogP contribution in [0.2, 0.25) is 0 Å². The van der Waals surface area contributed by atoms with Crippen molar-refractivity contribution >= 4 is 48.4 Å². The van der Waals surface area contributed by atoms with Crippen molar-refractivity contribution in [3.8, 4) is 0 Å². The molecule has 27 heavy (non-hydrogen) atoms. The summed E-state index contributed by atoms with van der Waals surface area (Å²) >= 11 is 1.23. The van der Waals surface area contributed by atoms with E-state index in [2.05, 4.69) is 20.3 Å². The highest BCUT2D eigenvalue weighted by molar-refractivity contribution is 7.93. The fraction of sp³-hybridized carbons (Fsp3) is 0.222. The number of rotatable bonds is 6. The second-order valence-electron chi connectivity index (χ2n) is 6.03. The Kier molecular flexibility index (Phi) is 5.62. The van der Waals surface area contributed by atoms with Gasteiger partial charge < -0.3 is 10.6 Å². The lowest BCUT2D eigenvalue weighted by Gasteiger charge is -2.12. The highest BCUT2D eigenvalue weighted by atomic mass is 32.2. The quantitative estimate of drug-likeness (QED) is 0.578. The van der Waals surface area contributed by atoms with Crippen molar-refractivity contribution in [2.75, 3.05) is 10.0 Å². The Morgan fingerprint density at radius 1 is 1.19 bits per heavy atom. The molecule has 1 heterocycles. The van der Waals surface area contributed by atoms with E-state index in [1.165, 1.54) is 23.5 Å². The van der Waals surface area contributed by atoms with E-state index < -0.39 is 10.0 Å². The largest absolute Gasteiger partial charge is 0.335 e. The molecule has 0 saturated heterocycles. The fourth-order valence-corrected chi connectivity index (χ4v) is 4.42. The minimum atomic E-state index is -3.69. The van der Waals surface area contributed by atoms with Crippen LogP contribution in [0.4, 0.5) is 15.6 Å². The number of carbonyl (C=O) groups excluding carboxylic acids is 1. The average Bonchev–Trinajstić information content (AvgIpc) is 3.02. The van der Waals surface area contributed by atoms with Crippen LogP contribution in [0.25, 0.3) is 10.2 Å². The Bertz CT molecular complexity index is 1050. The molecule has 2 aromatic carbocycles. The maximum atomic E-state index is 12.4. The van der Waals surface area contributed by atoms with Crippen molar-refractivity contribution in [1.29, 1.82) is 0 Å². The molecule has 0 unspecified atom stereocenters. The van der Waals surface area contributed by atoms with E-state index in [1.807, 2.05) is 13.8 Å². The first kappa shape index (κ1) is 19.1. The van der Waals surface area contributed by atoms with Crippen LogP contribution in [-0.4, -0.2) is 25.5 Å². The van der Waals surface area contributed by atoms with Gasteiger partial charge in [-0.3, -0.25) is 4.72 Å². The van der Waals surface area contributed by atoms with Crippen LogP contribution in [-0.2, 0) is 10.0 Å². The number of benzene rings is 2. The van der Waals surface area contributed by atoms with E-state index in [9.17, 15) is 13.2 Å². The summed E-state index contributed by atoms with van der Waals surface area (Å²) in [6, 6.07) is 13.2. The maximum Gasteiger partial charge on any atom is 0.319 e. The van der Waals surface area contributed by atoms with Gasteiger partial charge in [0, 0.05) is 11.7 Å². The Balaban J connectivity index is 1.77. The zero-order chi connectivity index (χ0) is 19.4. The van der Waals surface area contributed by atoms with Gasteiger partial charge in [0.25, 0.3) is 10.0 Å². The number of nitrogens with one attached hydrogen (secondary N) is 3. The Morgan fingerprint density at radius 3 is 2.63 bits per heavy atom. The van der Waals surface area contributed by atoms with Gasteiger partial charge in [-0.05, 0) is 43.7 Å². The second kappa shape index (κ2) is 7.93. The van der Waals surface area contributed by atoms with Gasteiger partial charge in [0.05, 0.1) is 15.1 Å². The van der Waals surface area contributed by atoms with Crippen LogP contribution in [0.3, 0.4) is 0 Å². The molecule has 3 N–H and O–H groups in total. The van der Waals surface area contributed by atoms with E-state index in [0.29, 0.717) is 11.2 Å². The number of anilines is 2. The number of hydrogen-bond donors (Lipinski definition) is 3. The highest BCUT2D eigenvalue weighted by Gasteiger charge is 2.16. The van der Waals surface area contributed by atoms with Gasteiger partial charge >= 0.3 is 6.03 Å². The smallest absolute Gasteiger partial charge is 0.319 e. The zero-order valence-corrected chi connectivity index (χ0v) is 16.5. The van der Waals surface area contributed by atoms with E-state index >= 15 is 0 Å². The lowest BCUT2D eigenvalue weighted by atomic mass is 10.2. The van der Waals surface area contributed by atoms with Gasteiger partial charge in [0.1, 0.15) is 0 Å². The van der Waals surface area contributed by atoms with Gasteiger partial charge in [0.2, 0.25) is 0 Å². The van der Waals surface area contributed by atoms with E-state index in [-0.39, 0.29) is 22.1 Å². The summed E-state index contributed by atoms with van der Waals surface area (Å²) in [5.41, 5.74) is 1.19. The van der Waals surface area contributed by atoms with Crippen molar-refractivity contribution in [3.63, 3.8) is 0 Å². The second-order valence-corrected chi connectivity index (χ2v) is 8.74.